The first-order valence-electron chi connectivity index (χ1n) is 3.37. The van der Waals surface area contributed by atoms with Crippen LogP contribution in [0.2, 0.25) is 0 Å². The van der Waals surface area contributed by atoms with Crippen LogP contribution in [-0.2, 0) is 0 Å². The Morgan fingerprint density at radius 3 is 1.57 bits per heavy atom. The van der Waals surface area contributed by atoms with Crippen molar-refractivity contribution in [2.75, 3.05) is 0 Å². The normalized spacial score (nSPS) is 21.1. The average Bonchev–Trinajstić information content (AvgIpc) is 2.14. The number of nitrogens with zero attached hydrogens (tertiary/aromatic N) is 4. The second-order valence-corrected chi connectivity index (χ2v) is 2.99. The molecule has 0 aromatic heterocycles. The van der Waals surface area contributed by atoms with Gasteiger partial charge >= 0.3 is 0 Å². The van der Waals surface area contributed by atoms with E-state index in [4.69, 9.17) is 33.7 Å². The van der Waals surface area contributed by atoms with Crippen LogP contribution in [0.4, 0.5) is 0 Å². The largest absolute Gasteiger partial charge is 0.206 e. The lowest BCUT2D eigenvalue weighted by molar-refractivity contribution is 1.43. The van der Waals surface area contributed by atoms with E-state index >= 15 is 0 Å². The predicted molar refractivity (Wildman–Crippen MR) is 54.0 cm³/mol. The van der Waals surface area contributed by atoms with Crippen LogP contribution >= 0.6 is 23.2 Å². The van der Waals surface area contributed by atoms with E-state index in [1.165, 1.54) is 12.2 Å². The summed E-state index contributed by atoms with van der Waals surface area (Å²) in [6.07, 6.45) is 5.94. The Kier molecular flexibility index (Phi) is 3.41. The molecule has 0 atom stereocenters. The lowest BCUT2D eigenvalue weighted by atomic mass is 10.1. The summed E-state index contributed by atoms with van der Waals surface area (Å²) in [6.45, 7) is 0. The minimum Gasteiger partial charge on any atom is -0.172 e. The molecule has 0 saturated carbocycles. The van der Waals surface area contributed by atoms with Crippen molar-refractivity contribution in [3.05, 3.63) is 22.2 Å². The van der Waals surface area contributed by atoms with Gasteiger partial charge in [0.25, 0.3) is 0 Å². The maximum Gasteiger partial charge on any atom is 0.206 e. The maximum absolute atomic E-state index is 8.31. The molecule has 0 heterocycles. The molecule has 0 bridgehead atoms. The van der Waals surface area contributed by atoms with Gasteiger partial charge in [0.2, 0.25) is 12.4 Å². The van der Waals surface area contributed by atoms with E-state index in [0.717, 1.165) is 0 Å². The summed E-state index contributed by atoms with van der Waals surface area (Å²) >= 11 is 11.5. The van der Waals surface area contributed by atoms with Crippen LogP contribution in [0.3, 0.4) is 0 Å². The van der Waals surface area contributed by atoms with Gasteiger partial charge in [-0.15, -0.1) is 0 Å². The summed E-state index contributed by atoms with van der Waals surface area (Å²) in [5.41, 5.74) is 0.520. The molecule has 6 heteroatoms. The van der Waals surface area contributed by atoms with Crippen LogP contribution in [0, 0.1) is 22.9 Å². The Morgan fingerprint density at radius 1 is 0.929 bits per heavy atom. The standard InChI is InChI=1S/C8H2Cl2N4/c9-5-1-7(13-3-11)6(10)2-8(5)14-4-12/h1-2H. The number of nitriles is 2. The monoisotopic (exact) mass is 224 g/mol. The van der Waals surface area contributed by atoms with E-state index in [1.807, 2.05) is 0 Å². The van der Waals surface area contributed by atoms with Gasteiger partial charge in [-0.05, 0) is 12.2 Å². The molecule has 0 aromatic carbocycles. The van der Waals surface area contributed by atoms with Gasteiger partial charge in [0.05, 0.1) is 21.5 Å². The van der Waals surface area contributed by atoms with Gasteiger partial charge in [-0.25, -0.2) is 0 Å². The zero-order valence-corrected chi connectivity index (χ0v) is 8.21. The van der Waals surface area contributed by atoms with Gasteiger partial charge in [0.1, 0.15) is 0 Å². The number of allylic oxidation sites excluding steroid dienone is 4. The topological polar surface area (TPSA) is 72.3 Å². The Morgan fingerprint density at radius 2 is 1.29 bits per heavy atom. The molecule has 4 nitrogen and oxygen atoms in total. The highest BCUT2D eigenvalue weighted by Crippen LogP contribution is 2.19. The quantitative estimate of drug-likeness (QED) is 0.467. The Bertz CT molecular complexity index is 413. The van der Waals surface area contributed by atoms with Crippen LogP contribution < -0.4 is 0 Å². The van der Waals surface area contributed by atoms with Gasteiger partial charge in [-0.2, -0.15) is 20.5 Å². The Labute approximate surface area is 90.1 Å². The number of hydrogen-bond donors (Lipinski definition) is 0. The molecule has 0 spiro atoms. The molecule has 0 aliphatic heterocycles. The SMILES string of the molecule is N#CN=C1C=C(Cl)C(=NC#N)C=C1Cl. The first kappa shape index (κ1) is 10.5. The molecule has 1 aliphatic carbocycles. The molecule has 0 radical (unpaired) electrons. The number of aliphatic imine (C=N–C) groups is 2. The van der Waals surface area contributed by atoms with Crippen molar-refractivity contribution < 1.29 is 0 Å². The van der Waals surface area contributed by atoms with Gasteiger partial charge in [-0.1, -0.05) is 23.2 Å². The van der Waals surface area contributed by atoms with Crippen molar-refractivity contribution in [3.63, 3.8) is 0 Å². The van der Waals surface area contributed by atoms with Crippen molar-refractivity contribution in [1.82, 2.24) is 0 Å². The fraction of sp³-hybridized carbons (Fsp3) is 0. The predicted octanol–water partition coefficient (Wildman–Crippen LogP) is 2.09. The molecule has 1 aliphatic rings. The highest BCUT2D eigenvalue weighted by Gasteiger charge is 2.14. The average molecular weight is 225 g/mol. The van der Waals surface area contributed by atoms with Gasteiger partial charge < -0.3 is 0 Å². The Balaban J connectivity index is 3.17. The van der Waals surface area contributed by atoms with Gasteiger partial charge in [0, 0.05) is 0 Å². The van der Waals surface area contributed by atoms with Crippen molar-refractivity contribution in [2.45, 2.75) is 0 Å². The molecule has 14 heavy (non-hydrogen) atoms. The summed E-state index contributed by atoms with van der Waals surface area (Å²) in [4.78, 5) is 6.87. The minimum atomic E-state index is 0.227. The first-order valence-corrected chi connectivity index (χ1v) is 4.13. The summed E-state index contributed by atoms with van der Waals surface area (Å²) in [6, 6.07) is 0. The number of rotatable bonds is 0. The summed E-state index contributed by atoms with van der Waals surface area (Å²) in [7, 11) is 0. The summed E-state index contributed by atoms with van der Waals surface area (Å²) < 4.78 is 0. The van der Waals surface area contributed by atoms with E-state index in [2.05, 4.69) is 9.98 Å². The molecule has 68 valence electrons. The van der Waals surface area contributed by atoms with Gasteiger partial charge in [-0.3, -0.25) is 0 Å². The van der Waals surface area contributed by atoms with Crippen molar-refractivity contribution in [3.8, 4) is 12.4 Å². The molecule has 0 amide bonds. The smallest absolute Gasteiger partial charge is 0.172 e. The first-order chi connectivity index (χ1) is 6.69. The molecule has 0 aromatic rings. The van der Waals surface area contributed by atoms with E-state index < -0.39 is 0 Å². The molecule has 0 N–H and O–H groups in total. The van der Waals surface area contributed by atoms with E-state index in [1.54, 1.807) is 12.4 Å². The summed E-state index contributed by atoms with van der Waals surface area (Å²) in [5, 5.41) is 17.1. The zero-order valence-electron chi connectivity index (χ0n) is 6.70. The molecule has 0 saturated heterocycles. The van der Waals surface area contributed by atoms with E-state index in [9.17, 15) is 0 Å². The summed E-state index contributed by atoms with van der Waals surface area (Å²) in [5.74, 6) is 0. The van der Waals surface area contributed by atoms with Crippen LogP contribution in [0.1, 0.15) is 0 Å². The molecule has 0 unspecified atom stereocenters. The third-order valence-corrected chi connectivity index (χ3v) is 1.96. The Hall–Kier alpha value is -1.62. The third kappa shape index (κ3) is 2.20. The lowest BCUT2D eigenvalue weighted by Crippen LogP contribution is -2.07. The lowest BCUT2D eigenvalue weighted by Gasteiger charge is -2.06. The highest BCUT2D eigenvalue weighted by molar-refractivity contribution is 6.55. The maximum atomic E-state index is 8.31. The van der Waals surface area contributed by atoms with E-state index in [0.29, 0.717) is 0 Å². The molecule has 0 fully saturated rings. The molecular weight excluding hydrogens is 223 g/mol. The number of hydrogen-bond acceptors (Lipinski definition) is 4. The number of halogens is 2. The van der Waals surface area contributed by atoms with Crippen LogP contribution in [-0.4, -0.2) is 11.4 Å². The minimum absolute atomic E-state index is 0.227. The zero-order chi connectivity index (χ0) is 10.6. The van der Waals surface area contributed by atoms with Gasteiger partial charge in [0.15, 0.2) is 0 Å². The van der Waals surface area contributed by atoms with Crippen molar-refractivity contribution >= 4 is 34.6 Å². The second kappa shape index (κ2) is 4.57. The van der Waals surface area contributed by atoms with Crippen molar-refractivity contribution in [2.24, 2.45) is 9.98 Å². The van der Waals surface area contributed by atoms with E-state index in [-0.39, 0.29) is 21.5 Å². The second-order valence-electron chi connectivity index (χ2n) is 2.18. The van der Waals surface area contributed by atoms with Crippen LogP contribution in [0.5, 0.6) is 0 Å². The van der Waals surface area contributed by atoms with Crippen molar-refractivity contribution in [1.29, 1.82) is 10.5 Å². The molecule has 1 rings (SSSR count). The molecular formula is C8H2Cl2N4. The fourth-order valence-electron chi connectivity index (χ4n) is 0.805. The highest BCUT2D eigenvalue weighted by atomic mass is 35.5. The van der Waals surface area contributed by atoms with Crippen LogP contribution in [0.25, 0.3) is 0 Å². The van der Waals surface area contributed by atoms with Crippen LogP contribution in [0.15, 0.2) is 32.2 Å². The third-order valence-electron chi connectivity index (χ3n) is 1.36. The fourth-order valence-corrected chi connectivity index (χ4v) is 1.21.